The zero-order valence-electron chi connectivity index (χ0n) is 15.0. The minimum absolute atomic E-state index is 0.0151. The molecule has 0 amide bonds. The van der Waals surface area contributed by atoms with Crippen LogP contribution in [0.4, 0.5) is 5.69 Å². The van der Waals surface area contributed by atoms with Crippen molar-refractivity contribution in [3.63, 3.8) is 0 Å². The highest BCUT2D eigenvalue weighted by Crippen LogP contribution is 2.35. The number of sulfonamides is 1. The number of benzene rings is 1. The Morgan fingerprint density at radius 1 is 1.37 bits per heavy atom. The normalized spacial score (nSPS) is 22.4. The van der Waals surface area contributed by atoms with Gasteiger partial charge in [-0.05, 0) is 44.1 Å². The van der Waals surface area contributed by atoms with E-state index in [4.69, 9.17) is 5.11 Å². The van der Waals surface area contributed by atoms with Crippen molar-refractivity contribution >= 4 is 21.7 Å². The van der Waals surface area contributed by atoms with Crippen LogP contribution in [-0.4, -0.2) is 54.5 Å². The lowest BCUT2D eigenvalue weighted by atomic mass is 9.86. The number of hydrogen-bond donors (Lipinski definition) is 2. The van der Waals surface area contributed by atoms with Crippen LogP contribution >= 0.6 is 0 Å². The fourth-order valence-corrected chi connectivity index (χ4v) is 5.20. The van der Waals surface area contributed by atoms with Crippen molar-refractivity contribution in [1.29, 1.82) is 0 Å². The summed E-state index contributed by atoms with van der Waals surface area (Å²) >= 11 is 0. The third-order valence-electron chi connectivity index (χ3n) is 5.14. The van der Waals surface area contributed by atoms with Gasteiger partial charge in [0.15, 0.2) is 4.90 Å². The van der Waals surface area contributed by atoms with Crippen LogP contribution in [0.3, 0.4) is 0 Å². The van der Waals surface area contributed by atoms with Crippen molar-refractivity contribution in [2.24, 2.45) is 5.92 Å². The number of nitrogens with one attached hydrogen (secondary N) is 1. The predicted octanol–water partition coefficient (Wildman–Crippen LogP) is 1.51. The Bertz CT molecular complexity index is 846. The zero-order chi connectivity index (χ0) is 19.8. The molecule has 1 aromatic carbocycles. The van der Waals surface area contributed by atoms with E-state index in [-0.39, 0.29) is 23.5 Å². The van der Waals surface area contributed by atoms with Gasteiger partial charge in [0, 0.05) is 24.7 Å². The largest absolute Gasteiger partial charge is 0.480 e. The van der Waals surface area contributed by atoms with E-state index in [1.807, 2.05) is 4.90 Å². The van der Waals surface area contributed by atoms with E-state index in [1.54, 1.807) is 0 Å². The van der Waals surface area contributed by atoms with E-state index in [9.17, 15) is 23.3 Å². The molecule has 148 valence electrons. The Balaban J connectivity index is 1.67. The Labute approximate surface area is 157 Å². The number of carboxylic acid groups (broad SMARTS) is 1. The van der Waals surface area contributed by atoms with Crippen molar-refractivity contribution in [1.82, 2.24) is 9.62 Å². The molecule has 0 atom stereocenters. The first-order chi connectivity index (χ1) is 12.7. The first-order valence-electron chi connectivity index (χ1n) is 8.89. The van der Waals surface area contributed by atoms with Crippen LogP contribution in [0.5, 0.6) is 0 Å². The molecule has 0 heterocycles. The molecule has 9 nitrogen and oxygen atoms in total. The second-order valence-corrected chi connectivity index (χ2v) is 9.04. The number of nitrogens with zero attached hydrogens (tertiary/aromatic N) is 2. The Morgan fingerprint density at radius 2 is 2.04 bits per heavy atom. The fraction of sp³-hybridized carbons (Fsp3) is 0.588. The van der Waals surface area contributed by atoms with E-state index >= 15 is 0 Å². The molecular formula is C17H23N3O6S. The van der Waals surface area contributed by atoms with Gasteiger partial charge >= 0.3 is 5.97 Å². The van der Waals surface area contributed by atoms with E-state index in [0.29, 0.717) is 24.3 Å². The molecule has 3 rings (SSSR count). The van der Waals surface area contributed by atoms with Crippen LogP contribution in [0.25, 0.3) is 0 Å². The van der Waals surface area contributed by atoms with Gasteiger partial charge in [0.2, 0.25) is 10.0 Å². The highest BCUT2D eigenvalue weighted by atomic mass is 32.2. The van der Waals surface area contributed by atoms with Crippen LogP contribution < -0.4 is 4.72 Å². The van der Waals surface area contributed by atoms with Crippen molar-refractivity contribution in [2.45, 2.75) is 49.6 Å². The summed E-state index contributed by atoms with van der Waals surface area (Å²) in [5.74, 6) is -0.357. The van der Waals surface area contributed by atoms with Crippen LogP contribution in [0.15, 0.2) is 23.1 Å². The second kappa shape index (κ2) is 7.53. The first-order valence-corrected chi connectivity index (χ1v) is 10.4. The molecule has 27 heavy (non-hydrogen) atoms. The van der Waals surface area contributed by atoms with E-state index in [2.05, 4.69) is 4.72 Å². The molecule has 2 aliphatic rings. The topological polar surface area (TPSA) is 130 Å². The zero-order valence-corrected chi connectivity index (χ0v) is 15.8. The maximum Gasteiger partial charge on any atom is 0.317 e. The summed E-state index contributed by atoms with van der Waals surface area (Å²) in [5, 5.41) is 20.3. The molecule has 0 radical (unpaired) electrons. The lowest BCUT2D eigenvalue weighted by Gasteiger charge is -2.42. The third kappa shape index (κ3) is 4.63. The van der Waals surface area contributed by atoms with Crippen LogP contribution in [0.1, 0.15) is 31.2 Å². The van der Waals surface area contributed by atoms with Gasteiger partial charge in [0.1, 0.15) is 0 Å². The number of carbonyl (C=O) groups is 1. The van der Waals surface area contributed by atoms with Crippen molar-refractivity contribution in [2.75, 3.05) is 13.1 Å². The summed E-state index contributed by atoms with van der Waals surface area (Å²) < 4.78 is 27.9. The number of carboxylic acids is 1. The summed E-state index contributed by atoms with van der Waals surface area (Å²) in [5.41, 5.74) is -0.131. The summed E-state index contributed by atoms with van der Waals surface area (Å²) in [4.78, 5) is 23.2. The molecule has 0 bridgehead atoms. The number of aliphatic carboxylic acids is 1. The maximum atomic E-state index is 12.7. The molecule has 2 N–H and O–H groups in total. The summed E-state index contributed by atoms with van der Waals surface area (Å²) in [7, 11) is -4.04. The van der Waals surface area contributed by atoms with Crippen LogP contribution in [0.2, 0.25) is 0 Å². The Hall–Kier alpha value is -2.04. The van der Waals surface area contributed by atoms with E-state index in [0.717, 1.165) is 19.4 Å². The minimum Gasteiger partial charge on any atom is -0.480 e. The first kappa shape index (κ1) is 19.7. The average molecular weight is 397 g/mol. The molecule has 0 saturated heterocycles. The molecule has 2 aliphatic carbocycles. The molecule has 0 unspecified atom stereocenters. The Kier molecular flexibility index (Phi) is 5.50. The van der Waals surface area contributed by atoms with Gasteiger partial charge in [-0.15, -0.1) is 0 Å². The van der Waals surface area contributed by atoms with Gasteiger partial charge < -0.3 is 5.11 Å². The average Bonchev–Trinajstić information content (AvgIpc) is 3.33. The summed E-state index contributed by atoms with van der Waals surface area (Å²) in [6.07, 6.45) is 3.21. The second-order valence-electron chi connectivity index (χ2n) is 7.39. The predicted molar refractivity (Wildman–Crippen MR) is 96.9 cm³/mol. The number of aryl methyl sites for hydroxylation is 1. The molecule has 10 heteroatoms. The summed E-state index contributed by atoms with van der Waals surface area (Å²) in [6.45, 7) is 2.19. The van der Waals surface area contributed by atoms with Gasteiger partial charge in [-0.25, -0.2) is 13.1 Å². The van der Waals surface area contributed by atoms with Gasteiger partial charge in [-0.2, -0.15) is 0 Å². The SMILES string of the molecule is Cc1cccc([N+](=O)[O-])c1S(=O)(=O)NC1CC(N(CC(=O)O)CC2CC2)C1. The highest BCUT2D eigenvalue weighted by molar-refractivity contribution is 7.89. The van der Waals surface area contributed by atoms with Gasteiger partial charge in [0.05, 0.1) is 11.5 Å². The minimum atomic E-state index is -4.04. The molecule has 0 spiro atoms. The molecule has 1 aromatic rings. The molecule has 2 fully saturated rings. The molecular weight excluding hydrogens is 374 g/mol. The number of nitro groups is 1. The molecule has 2 saturated carbocycles. The van der Waals surface area contributed by atoms with Gasteiger partial charge in [-0.3, -0.25) is 19.8 Å². The monoisotopic (exact) mass is 397 g/mol. The van der Waals surface area contributed by atoms with Crippen LogP contribution in [-0.2, 0) is 14.8 Å². The standard InChI is InChI=1S/C17H23N3O6S/c1-11-3-2-4-15(20(23)24)17(11)27(25,26)18-13-7-14(8-13)19(10-16(21)22)9-12-5-6-12/h2-4,12-14,18H,5-10H2,1H3,(H,21,22). The fourth-order valence-electron chi connectivity index (χ4n) is 3.54. The molecule has 0 aliphatic heterocycles. The van der Waals surface area contributed by atoms with E-state index in [1.165, 1.54) is 25.1 Å². The lowest BCUT2D eigenvalue weighted by Crippen LogP contribution is -2.55. The smallest absolute Gasteiger partial charge is 0.317 e. The van der Waals surface area contributed by atoms with Gasteiger partial charge in [0.25, 0.3) is 5.69 Å². The molecule has 0 aromatic heterocycles. The van der Waals surface area contributed by atoms with E-state index < -0.39 is 26.6 Å². The quantitative estimate of drug-likeness (QED) is 0.477. The van der Waals surface area contributed by atoms with Crippen molar-refractivity contribution in [3.8, 4) is 0 Å². The lowest BCUT2D eigenvalue weighted by molar-refractivity contribution is -0.387. The van der Waals surface area contributed by atoms with Crippen molar-refractivity contribution in [3.05, 3.63) is 33.9 Å². The highest BCUT2D eigenvalue weighted by Gasteiger charge is 2.40. The number of rotatable bonds is 9. The maximum absolute atomic E-state index is 12.7. The third-order valence-corrected chi connectivity index (χ3v) is 6.85. The number of nitro benzene ring substituents is 1. The Morgan fingerprint density at radius 3 is 2.59 bits per heavy atom. The van der Waals surface area contributed by atoms with Gasteiger partial charge in [-0.1, -0.05) is 12.1 Å². The van der Waals surface area contributed by atoms with Crippen LogP contribution in [0, 0.1) is 23.0 Å². The number of hydrogen-bond acceptors (Lipinski definition) is 6. The van der Waals surface area contributed by atoms with Crippen molar-refractivity contribution < 1.29 is 23.2 Å². The summed E-state index contributed by atoms with van der Waals surface area (Å²) in [6, 6.07) is 3.81.